The molecule has 1 amide bonds. The van der Waals surface area contributed by atoms with E-state index < -0.39 is 21.7 Å². The number of hydrogen-bond donors (Lipinski definition) is 1. The minimum absolute atomic E-state index is 0.115. The van der Waals surface area contributed by atoms with Gasteiger partial charge in [-0.05, 0) is 45.8 Å². The number of carbonyl (C=O) groups is 1. The number of anilines is 1. The molecule has 0 radical (unpaired) electrons. The van der Waals surface area contributed by atoms with Crippen LogP contribution in [0.15, 0.2) is 56.2 Å². The Morgan fingerprint density at radius 1 is 1.26 bits per heavy atom. The molecule has 0 aliphatic heterocycles. The molecular formula is C15H12BrFN2O3S. The first-order valence-electron chi connectivity index (χ1n) is 6.39. The minimum Gasteiger partial charge on any atom is -0.326 e. The molecule has 0 saturated heterocycles. The van der Waals surface area contributed by atoms with Gasteiger partial charge in [0, 0.05) is 16.9 Å². The quantitative estimate of drug-likeness (QED) is 0.785. The van der Waals surface area contributed by atoms with Crippen molar-refractivity contribution in [3.8, 4) is 0 Å². The molecule has 0 atom stereocenters. The Bertz CT molecular complexity index is 869. The van der Waals surface area contributed by atoms with Crippen molar-refractivity contribution in [2.75, 3.05) is 5.32 Å². The zero-order valence-corrected chi connectivity index (χ0v) is 14.2. The van der Waals surface area contributed by atoms with Crippen LogP contribution < -0.4 is 5.32 Å². The number of carbonyl (C=O) groups excluding carboxylic acids is 1. The van der Waals surface area contributed by atoms with E-state index in [0.29, 0.717) is 4.47 Å². The molecule has 0 unspecified atom stereocenters. The highest BCUT2D eigenvalue weighted by atomic mass is 79.9. The van der Waals surface area contributed by atoms with E-state index in [4.69, 9.17) is 0 Å². The molecule has 120 valence electrons. The van der Waals surface area contributed by atoms with E-state index in [1.54, 1.807) is 6.07 Å². The van der Waals surface area contributed by atoms with Gasteiger partial charge in [-0.15, -0.1) is 0 Å². The van der Waals surface area contributed by atoms with Crippen molar-refractivity contribution in [1.82, 2.24) is 0 Å². The van der Waals surface area contributed by atoms with Gasteiger partial charge in [0.2, 0.25) is 5.91 Å². The fourth-order valence-electron chi connectivity index (χ4n) is 1.87. The fraction of sp³-hybridized carbons (Fsp3) is 0.0667. The van der Waals surface area contributed by atoms with Crippen LogP contribution in [0.3, 0.4) is 0 Å². The molecule has 1 N–H and O–H groups in total. The van der Waals surface area contributed by atoms with E-state index in [-0.39, 0.29) is 22.6 Å². The van der Waals surface area contributed by atoms with Crippen LogP contribution in [0.25, 0.3) is 0 Å². The molecular weight excluding hydrogens is 387 g/mol. The molecule has 0 aromatic heterocycles. The molecule has 0 saturated carbocycles. The van der Waals surface area contributed by atoms with E-state index >= 15 is 0 Å². The molecule has 5 nitrogen and oxygen atoms in total. The predicted octanol–water partition coefficient (Wildman–Crippen LogP) is 3.16. The van der Waals surface area contributed by atoms with Crippen molar-refractivity contribution in [2.45, 2.75) is 11.3 Å². The maximum Gasteiger partial charge on any atom is 0.282 e. The van der Waals surface area contributed by atoms with Gasteiger partial charge < -0.3 is 5.32 Å². The summed E-state index contributed by atoms with van der Waals surface area (Å²) in [5.74, 6) is -0.940. The zero-order chi connectivity index (χ0) is 17.0. The summed E-state index contributed by atoms with van der Waals surface area (Å²) in [4.78, 5) is 11.9. The van der Waals surface area contributed by atoms with Crippen LogP contribution in [-0.4, -0.2) is 21.0 Å². The standard InChI is InChI=1S/C15H12BrFN2O3S/c1-18-23(21,22)14-9-11(6-7-12(14)16)19-15(20)8-10-4-2-3-5-13(10)17/h2-7,9H,1,8H2,(H,19,20). The highest BCUT2D eigenvalue weighted by Gasteiger charge is 2.17. The topological polar surface area (TPSA) is 75.6 Å². The Balaban J connectivity index is 2.21. The third kappa shape index (κ3) is 4.23. The van der Waals surface area contributed by atoms with Gasteiger partial charge >= 0.3 is 0 Å². The molecule has 0 spiro atoms. The third-order valence-electron chi connectivity index (χ3n) is 2.97. The molecule has 2 rings (SSSR count). The summed E-state index contributed by atoms with van der Waals surface area (Å²) in [6.07, 6.45) is -0.162. The van der Waals surface area contributed by atoms with Crippen LogP contribution in [0.2, 0.25) is 0 Å². The maximum atomic E-state index is 13.5. The largest absolute Gasteiger partial charge is 0.326 e. The maximum absolute atomic E-state index is 13.5. The lowest BCUT2D eigenvalue weighted by atomic mass is 10.1. The predicted molar refractivity (Wildman–Crippen MR) is 89.6 cm³/mol. The van der Waals surface area contributed by atoms with Gasteiger partial charge in [0.25, 0.3) is 10.0 Å². The molecule has 0 aliphatic rings. The Morgan fingerprint density at radius 3 is 2.61 bits per heavy atom. The highest BCUT2D eigenvalue weighted by molar-refractivity contribution is 9.10. The van der Waals surface area contributed by atoms with Crippen LogP contribution >= 0.6 is 15.9 Å². The van der Waals surface area contributed by atoms with Crippen LogP contribution in [0.4, 0.5) is 10.1 Å². The number of benzene rings is 2. The van der Waals surface area contributed by atoms with Crippen molar-refractivity contribution < 1.29 is 17.6 Å². The van der Waals surface area contributed by atoms with Gasteiger partial charge in [-0.1, -0.05) is 18.2 Å². The van der Waals surface area contributed by atoms with Crippen molar-refractivity contribution in [1.29, 1.82) is 0 Å². The molecule has 8 heteroatoms. The van der Waals surface area contributed by atoms with Gasteiger partial charge in [0.15, 0.2) is 0 Å². The molecule has 23 heavy (non-hydrogen) atoms. The number of nitrogens with one attached hydrogen (secondary N) is 1. The molecule has 0 bridgehead atoms. The Morgan fingerprint density at radius 2 is 1.96 bits per heavy atom. The van der Waals surface area contributed by atoms with E-state index in [0.717, 1.165) is 0 Å². The SMILES string of the molecule is C=NS(=O)(=O)c1cc(NC(=O)Cc2ccccc2F)ccc1Br. The normalized spacial score (nSPS) is 11.0. The number of sulfonamides is 1. The summed E-state index contributed by atoms with van der Waals surface area (Å²) in [6, 6.07) is 10.2. The van der Waals surface area contributed by atoms with E-state index in [9.17, 15) is 17.6 Å². The second-order valence-corrected chi connectivity index (χ2v) is 7.07. The van der Waals surface area contributed by atoms with Crippen molar-refractivity contribution >= 4 is 44.3 Å². The zero-order valence-electron chi connectivity index (χ0n) is 11.8. The van der Waals surface area contributed by atoms with E-state index in [2.05, 4.69) is 32.4 Å². The lowest BCUT2D eigenvalue weighted by Gasteiger charge is -2.08. The lowest BCUT2D eigenvalue weighted by molar-refractivity contribution is -0.115. The van der Waals surface area contributed by atoms with E-state index in [1.165, 1.54) is 36.4 Å². The van der Waals surface area contributed by atoms with Crippen molar-refractivity contribution in [3.63, 3.8) is 0 Å². The van der Waals surface area contributed by atoms with Gasteiger partial charge in [0.1, 0.15) is 10.7 Å². The summed E-state index contributed by atoms with van der Waals surface area (Å²) in [7, 11) is -3.90. The Hall–Kier alpha value is -2.06. The van der Waals surface area contributed by atoms with Crippen molar-refractivity contribution in [3.05, 3.63) is 58.3 Å². The summed E-state index contributed by atoms with van der Waals surface area (Å²) < 4.78 is 40.5. The lowest BCUT2D eigenvalue weighted by Crippen LogP contribution is -2.15. The Labute approximate surface area is 141 Å². The van der Waals surface area contributed by atoms with Crippen LogP contribution in [0, 0.1) is 5.82 Å². The number of rotatable bonds is 5. The molecule has 0 aliphatic carbocycles. The van der Waals surface area contributed by atoms with Crippen molar-refractivity contribution in [2.24, 2.45) is 4.40 Å². The van der Waals surface area contributed by atoms with Crippen LogP contribution in [0.5, 0.6) is 0 Å². The molecule has 2 aromatic carbocycles. The van der Waals surface area contributed by atoms with Gasteiger partial charge in [-0.3, -0.25) is 4.79 Å². The summed E-state index contributed by atoms with van der Waals surface area (Å²) in [5.41, 5.74) is 0.513. The van der Waals surface area contributed by atoms with E-state index in [1.807, 2.05) is 0 Å². The number of hydrogen-bond acceptors (Lipinski definition) is 3. The first-order chi connectivity index (χ1) is 10.8. The first-order valence-corrected chi connectivity index (χ1v) is 8.62. The second-order valence-electron chi connectivity index (χ2n) is 4.57. The first kappa shape index (κ1) is 17.3. The molecule has 0 fully saturated rings. The van der Waals surface area contributed by atoms with Gasteiger partial charge in [-0.25, -0.2) is 4.39 Å². The number of halogens is 2. The summed E-state index contributed by atoms with van der Waals surface area (Å²) in [5, 5.41) is 2.53. The number of nitrogens with zero attached hydrogens (tertiary/aromatic N) is 1. The monoisotopic (exact) mass is 398 g/mol. The Kier molecular flexibility index (Phi) is 5.27. The van der Waals surface area contributed by atoms with Crippen LogP contribution in [-0.2, 0) is 21.2 Å². The molecule has 0 heterocycles. The average molecular weight is 399 g/mol. The summed E-state index contributed by atoms with van der Waals surface area (Å²) in [6.45, 7) is 3.02. The number of amides is 1. The van der Waals surface area contributed by atoms with Gasteiger partial charge in [-0.2, -0.15) is 12.8 Å². The van der Waals surface area contributed by atoms with Crippen LogP contribution in [0.1, 0.15) is 5.56 Å². The third-order valence-corrected chi connectivity index (χ3v) is 5.16. The van der Waals surface area contributed by atoms with Gasteiger partial charge in [0.05, 0.1) is 6.42 Å². The minimum atomic E-state index is -3.90. The fourth-order valence-corrected chi connectivity index (χ4v) is 3.46. The smallest absolute Gasteiger partial charge is 0.282 e. The highest BCUT2D eigenvalue weighted by Crippen LogP contribution is 2.26. The second kappa shape index (κ2) is 7.01. The molecule has 2 aromatic rings. The summed E-state index contributed by atoms with van der Waals surface area (Å²) >= 11 is 3.11. The average Bonchev–Trinajstić information content (AvgIpc) is 2.51.